The fourth-order valence-electron chi connectivity index (χ4n) is 2.37. The van der Waals surface area contributed by atoms with Gasteiger partial charge in [-0.25, -0.2) is 8.42 Å². The van der Waals surface area contributed by atoms with E-state index >= 15 is 0 Å². The third-order valence-corrected chi connectivity index (χ3v) is 5.15. The maximum Gasteiger partial charge on any atom is 0.221 e. The third kappa shape index (κ3) is 6.28. The first-order valence-corrected chi connectivity index (χ1v) is 9.86. The highest BCUT2D eigenvalue weighted by Gasteiger charge is 2.18. The van der Waals surface area contributed by atoms with Crippen LogP contribution in [0.3, 0.4) is 0 Å². The number of sulfonamides is 1. The quantitative estimate of drug-likeness (QED) is 0.778. The van der Waals surface area contributed by atoms with Crippen LogP contribution in [-0.4, -0.2) is 36.4 Å². The van der Waals surface area contributed by atoms with E-state index in [1.54, 1.807) is 24.5 Å². The monoisotopic (exact) mass is 361 g/mol. The Balaban J connectivity index is 1.89. The largest absolute Gasteiger partial charge is 0.352 e. The molecule has 1 amide bonds. The third-order valence-electron chi connectivity index (χ3n) is 3.90. The van der Waals surface area contributed by atoms with Crippen LogP contribution < -0.4 is 5.32 Å². The smallest absolute Gasteiger partial charge is 0.221 e. The predicted octanol–water partition coefficient (Wildman–Crippen LogP) is 1.86. The van der Waals surface area contributed by atoms with Crippen LogP contribution in [0.25, 0.3) is 0 Å². The molecule has 134 valence electrons. The van der Waals surface area contributed by atoms with Crippen LogP contribution in [0.1, 0.15) is 23.1 Å². The molecule has 0 unspecified atom stereocenters. The molecule has 0 atom stereocenters. The van der Waals surface area contributed by atoms with Gasteiger partial charge in [0.15, 0.2) is 0 Å². The van der Waals surface area contributed by atoms with Crippen molar-refractivity contribution in [3.05, 3.63) is 65.5 Å². The van der Waals surface area contributed by atoms with Crippen LogP contribution in [-0.2, 0) is 27.9 Å². The number of amides is 1. The van der Waals surface area contributed by atoms with Crippen LogP contribution in [0.2, 0.25) is 0 Å². The molecule has 0 bridgehead atoms. The summed E-state index contributed by atoms with van der Waals surface area (Å²) in [6.07, 6.45) is 4.50. The number of hydrogen-bond acceptors (Lipinski definition) is 4. The molecule has 25 heavy (non-hydrogen) atoms. The molecule has 1 heterocycles. The lowest BCUT2D eigenvalue weighted by Crippen LogP contribution is -2.34. The van der Waals surface area contributed by atoms with Gasteiger partial charge in [-0.15, -0.1) is 0 Å². The van der Waals surface area contributed by atoms with Crippen molar-refractivity contribution in [2.45, 2.75) is 26.4 Å². The number of hydrogen-bond donors (Lipinski definition) is 1. The lowest BCUT2D eigenvalue weighted by atomic mass is 10.1. The zero-order valence-corrected chi connectivity index (χ0v) is 15.3. The van der Waals surface area contributed by atoms with Crippen LogP contribution in [0.4, 0.5) is 0 Å². The number of nitrogens with zero attached hydrogens (tertiary/aromatic N) is 2. The Hall–Kier alpha value is -2.25. The van der Waals surface area contributed by atoms with Gasteiger partial charge in [0.25, 0.3) is 0 Å². The number of aromatic nitrogens is 1. The maximum absolute atomic E-state index is 12.1. The first-order chi connectivity index (χ1) is 11.9. The van der Waals surface area contributed by atoms with Crippen molar-refractivity contribution in [2.24, 2.45) is 0 Å². The van der Waals surface area contributed by atoms with E-state index in [1.165, 1.54) is 4.31 Å². The number of benzene rings is 1. The van der Waals surface area contributed by atoms with Gasteiger partial charge in [-0.2, -0.15) is 4.31 Å². The molecule has 0 radical (unpaired) electrons. The number of nitrogens with one attached hydrogen (secondary N) is 1. The zero-order valence-electron chi connectivity index (χ0n) is 14.5. The number of carbonyl (C=O) groups is 1. The summed E-state index contributed by atoms with van der Waals surface area (Å²) in [7, 11) is -3.40. The molecule has 2 rings (SSSR count). The van der Waals surface area contributed by atoms with Crippen molar-refractivity contribution in [3.63, 3.8) is 0 Å². The zero-order chi connectivity index (χ0) is 18.3. The Kier molecular flexibility index (Phi) is 6.66. The van der Waals surface area contributed by atoms with Gasteiger partial charge in [-0.3, -0.25) is 9.78 Å². The number of carbonyl (C=O) groups excluding carboxylic acids is 1. The van der Waals surface area contributed by atoms with Crippen LogP contribution in [0.15, 0.2) is 48.8 Å². The first kappa shape index (κ1) is 19.1. The van der Waals surface area contributed by atoms with Crippen molar-refractivity contribution in [3.8, 4) is 0 Å². The van der Waals surface area contributed by atoms with Gasteiger partial charge < -0.3 is 5.32 Å². The Morgan fingerprint density at radius 1 is 1.16 bits per heavy atom. The summed E-state index contributed by atoms with van der Waals surface area (Å²) in [4.78, 5) is 16.0. The molecule has 0 saturated carbocycles. The molecule has 7 heteroatoms. The van der Waals surface area contributed by atoms with E-state index in [0.29, 0.717) is 6.54 Å². The van der Waals surface area contributed by atoms with Crippen LogP contribution in [0.5, 0.6) is 0 Å². The van der Waals surface area contributed by atoms with E-state index in [1.807, 2.05) is 31.2 Å². The molecule has 0 aliphatic carbocycles. The second-order valence-corrected chi connectivity index (χ2v) is 7.89. The van der Waals surface area contributed by atoms with Gasteiger partial charge in [0.05, 0.1) is 6.26 Å². The molecule has 0 aliphatic heterocycles. The number of rotatable bonds is 8. The Morgan fingerprint density at radius 3 is 2.48 bits per heavy atom. The second kappa shape index (κ2) is 8.73. The Labute approximate surface area is 148 Å². The van der Waals surface area contributed by atoms with E-state index in [0.717, 1.165) is 22.9 Å². The summed E-state index contributed by atoms with van der Waals surface area (Å²) in [5, 5.41) is 2.84. The van der Waals surface area contributed by atoms with Gasteiger partial charge >= 0.3 is 0 Å². The predicted molar refractivity (Wildman–Crippen MR) is 97.1 cm³/mol. The van der Waals surface area contributed by atoms with Crippen molar-refractivity contribution in [1.29, 1.82) is 0 Å². The summed E-state index contributed by atoms with van der Waals surface area (Å²) < 4.78 is 25.2. The molecule has 6 nitrogen and oxygen atoms in total. The van der Waals surface area contributed by atoms with E-state index in [4.69, 9.17) is 0 Å². The summed E-state index contributed by atoms with van der Waals surface area (Å²) in [5.41, 5.74) is 2.99. The topological polar surface area (TPSA) is 79.4 Å². The van der Waals surface area contributed by atoms with E-state index < -0.39 is 10.0 Å². The van der Waals surface area contributed by atoms with E-state index in [2.05, 4.69) is 10.3 Å². The summed E-state index contributed by atoms with van der Waals surface area (Å²) in [6, 6.07) is 11.3. The summed E-state index contributed by atoms with van der Waals surface area (Å²) in [5.74, 6) is -0.174. The first-order valence-electron chi connectivity index (χ1n) is 8.01. The molecule has 1 aromatic carbocycles. The van der Waals surface area contributed by atoms with E-state index in [-0.39, 0.29) is 25.4 Å². The molecule has 0 fully saturated rings. The van der Waals surface area contributed by atoms with Crippen molar-refractivity contribution in [2.75, 3.05) is 12.8 Å². The summed E-state index contributed by atoms with van der Waals surface area (Å²) >= 11 is 0. The fraction of sp³-hybridized carbons (Fsp3) is 0.333. The van der Waals surface area contributed by atoms with Crippen molar-refractivity contribution in [1.82, 2.24) is 14.6 Å². The standard InChI is InChI=1S/C18H23N3O3S/c1-15-5-3-4-6-17(15)13-20-18(22)9-12-21(25(2,23)24)14-16-7-10-19-11-8-16/h3-8,10-11H,9,12-14H2,1-2H3,(H,20,22). The SMILES string of the molecule is Cc1ccccc1CNC(=O)CCN(Cc1ccncc1)S(C)(=O)=O. The van der Waals surface area contributed by atoms with Crippen LogP contribution in [0, 0.1) is 6.92 Å². The Bertz CT molecular complexity index is 807. The molecular weight excluding hydrogens is 338 g/mol. The van der Waals surface area contributed by atoms with E-state index in [9.17, 15) is 13.2 Å². The van der Waals surface area contributed by atoms with Gasteiger partial charge in [-0.05, 0) is 35.7 Å². The highest BCUT2D eigenvalue weighted by molar-refractivity contribution is 7.88. The number of pyridine rings is 1. The highest BCUT2D eigenvalue weighted by Crippen LogP contribution is 2.09. The minimum absolute atomic E-state index is 0.115. The maximum atomic E-state index is 12.1. The molecule has 1 aromatic heterocycles. The lowest BCUT2D eigenvalue weighted by molar-refractivity contribution is -0.121. The van der Waals surface area contributed by atoms with Crippen molar-refractivity contribution >= 4 is 15.9 Å². The molecule has 1 N–H and O–H groups in total. The number of aryl methyl sites for hydroxylation is 1. The fourth-order valence-corrected chi connectivity index (χ4v) is 3.18. The molecule has 0 saturated heterocycles. The minimum atomic E-state index is -3.40. The Morgan fingerprint density at radius 2 is 1.84 bits per heavy atom. The minimum Gasteiger partial charge on any atom is -0.352 e. The average molecular weight is 361 g/mol. The molecule has 0 spiro atoms. The normalized spacial score (nSPS) is 11.5. The highest BCUT2D eigenvalue weighted by atomic mass is 32.2. The molecule has 2 aromatic rings. The van der Waals surface area contributed by atoms with Gasteiger partial charge in [0.2, 0.25) is 15.9 Å². The van der Waals surface area contributed by atoms with Gasteiger partial charge in [0, 0.05) is 38.4 Å². The van der Waals surface area contributed by atoms with Crippen molar-refractivity contribution < 1.29 is 13.2 Å². The van der Waals surface area contributed by atoms with Gasteiger partial charge in [0.1, 0.15) is 0 Å². The molecular formula is C18H23N3O3S. The second-order valence-electron chi connectivity index (χ2n) is 5.91. The van der Waals surface area contributed by atoms with Crippen LogP contribution >= 0.6 is 0 Å². The lowest BCUT2D eigenvalue weighted by Gasteiger charge is -2.19. The van der Waals surface area contributed by atoms with Gasteiger partial charge in [-0.1, -0.05) is 24.3 Å². The average Bonchev–Trinajstić information content (AvgIpc) is 2.57. The molecule has 0 aliphatic rings. The summed E-state index contributed by atoms with van der Waals surface area (Å²) in [6.45, 7) is 2.80.